The zero-order valence-corrected chi connectivity index (χ0v) is 21.2. The van der Waals surface area contributed by atoms with Crippen molar-refractivity contribution in [2.24, 2.45) is 11.0 Å². The number of piperazine rings is 1. The molecule has 36 heavy (non-hydrogen) atoms. The Hall–Kier alpha value is -3.23. The van der Waals surface area contributed by atoms with Crippen molar-refractivity contribution in [2.45, 2.75) is 25.7 Å². The highest BCUT2D eigenvalue weighted by Crippen LogP contribution is 2.30. The molecule has 2 aromatic carbocycles. The molecule has 1 saturated heterocycles. The Morgan fingerprint density at radius 2 is 1.83 bits per heavy atom. The molecule has 2 aromatic rings. The summed E-state index contributed by atoms with van der Waals surface area (Å²) in [4.78, 5) is 27.2. The van der Waals surface area contributed by atoms with Gasteiger partial charge in [0, 0.05) is 51.0 Å². The SMILES string of the molecule is COCCOC(=O)CC1CCc2ccc(NC(=O)c3ccc(/C=N/N4CCN(C)CC4)cc3)cc2C1. The number of methoxy groups -OCH3 is 1. The maximum Gasteiger partial charge on any atom is 0.306 e. The van der Waals surface area contributed by atoms with E-state index >= 15 is 0 Å². The Labute approximate surface area is 213 Å². The summed E-state index contributed by atoms with van der Waals surface area (Å²) in [5, 5.41) is 9.65. The number of benzene rings is 2. The van der Waals surface area contributed by atoms with E-state index in [1.165, 1.54) is 11.1 Å². The lowest BCUT2D eigenvalue weighted by Gasteiger charge is -2.30. The first-order chi connectivity index (χ1) is 17.5. The molecule has 0 radical (unpaired) electrons. The fraction of sp³-hybridized carbons (Fsp3) is 0.464. The van der Waals surface area contributed by atoms with Crippen LogP contribution in [0.3, 0.4) is 0 Å². The molecular formula is C28H36N4O4. The number of hydrogen-bond donors (Lipinski definition) is 1. The molecule has 0 bridgehead atoms. The molecule has 0 spiro atoms. The molecule has 1 unspecified atom stereocenters. The number of hydrazone groups is 1. The predicted octanol–water partition coefficient (Wildman–Crippen LogP) is 3.20. The molecule has 8 heteroatoms. The zero-order valence-electron chi connectivity index (χ0n) is 21.2. The first-order valence-electron chi connectivity index (χ1n) is 12.7. The number of esters is 1. The number of hydrogen-bond acceptors (Lipinski definition) is 7. The van der Waals surface area contributed by atoms with Gasteiger partial charge in [-0.05, 0) is 73.2 Å². The lowest BCUT2D eigenvalue weighted by atomic mass is 9.82. The fourth-order valence-electron chi connectivity index (χ4n) is 4.60. The molecule has 2 aliphatic rings. The van der Waals surface area contributed by atoms with E-state index in [1.807, 2.05) is 42.6 Å². The minimum Gasteiger partial charge on any atom is -0.463 e. The van der Waals surface area contributed by atoms with Gasteiger partial charge in [-0.15, -0.1) is 0 Å². The number of carbonyl (C=O) groups is 2. The molecule has 1 N–H and O–H groups in total. The Balaban J connectivity index is 1.30. The van der Waals surface area contributed by atoms with Crippen LogP contribution < -0.4 is 5.32 Å². The van der Waals surface area contributed by atoms with E-state index in [4.69, 9.17) is 9.47 Å². The minimum atomic E-state index is -0.179. The number of nitrogens with zero attached hydrogens (tertiary/aromatic N) is 3. The van der Waals surface area contributed by atoms with E-state index in [0.29, 0.717) is 25.2 Å². The van der Waals surface area contributed by atoms with E-state index in [0.717, 1.165) is 56.7 Å². The van der Waals surface area contributed by atoms with Crippen molar-refractivity contribution in [3.8, 4) is 0 Å². The van der Waals surface area contributed by atoms with Crippen molar-refractivity contribution in [1.82, 2.24) is 9.91 Å². The standard InChI is InChI=1S/C28H36N4O4/c1-31-11-13-32(14-12-31)29-20-21-3-7-24(8-4-21)28(34)30-26-10-9-23-6-5-22(17-25(23)19-26)18-27(33)36-16-15-35-2/h3-4,7-10,19-20,22H,5-6,11-18H2,1-2H3,(H,30,34)/b29-20+. The molecule has 0 saturated carbocycles. The highest BCUT2D eigenvalue weighted by atomic mass is 16.6. The van der Waals surface area contributed by atoms with Crippen LogP contribution in [0.15, 0.2) is 47.6 Å². The Morgan fingerprint density at radius 1 is 1.06 bits per heavy atom. The summed E-state index contributed by atoms with van der Waals surface area (Å²) in [5.41, 5.74) is 4.79. The summed E-state index contributed by atoms with van der Waals surface area (Å²) in [6.45, 7) is 4.58. The van der Waals surface area contributed by atoms with Gasteiger partial charge in [-0.1, -0.05) is 18.2 Å². The third-order valence-corrected chi connectivity index (χ3v) is 6.82. The zero-order chi connectivity index (χ0) is 25.3. The first-order valence-corrected chi connectivity index (χ1v) is 12.7. The number of anilines is 1. The number of likely N-dealkylation sites (N-methyl/N-ethyl adjacent to an activating group) is 1. The van der Waals surface area contributed by atoms with E-state index in [2.05, 4.69) is 33.4 Å². The average molecular weight is 493 g/mol. The normalized spacial score (nSPS) is 18.2. The second-order valence-corrected chi connectivity index (χ2v) is 9.59. The highest BCUT2D eigenvalue weighted by molar-refractivity contribution is 6.04. The third kappa shape index (κ3) is 7.38. The molecule has 192 valence electrons. The molecule has 1 amide bonds. The lowest BCUT2D eigenvalue weighted by molar-refractivity contribution is -0.146. The molecular weight excluding hydrogens is 456 g/mol. The smallest absolute Gasteiger partial charge is 0.306 e. The van der Waals surface area contributed by atoms with Crippen molar-refractivity contribution < 1.29 is 19.1 Å². The van der Waals surface area contributed by atoms with Crippen LogP contribution in [-0.4, -0.2) is 81.6 Å². The summed E-state index contributed by atoms with van der Waals surface area (Å²) in [7, 11) is 3.71. The second kappa shape index (κ2) is 12.6. The molecule has 1 aliphatic carbocycles. The molecule has 1 fully saturated rings. The quantitative estimate of drug-likeness (QED) is 0.329. The van der Waals surface area contributed by atoms with Crippen LogP contribution in [0.25, 0.3) is 0 Å². The summed E-state index contributed by atoms with van der Waals surface area (Å²) >= 11 is 0. The van der Waals surface area contributed by atoms with Gasteiger partial charge in [0.05, 0.1) is 12.8 Å². The summed E-state index contributed by atoms with van der Waals surface area (Å²) < 4.78 is 10.2. The number of rotatable bonds is 9. The highest BCUT2D eigenvalue weighted by Gasteiger charge is 2.22. The number of amides is 1. The van der Waals surface area contributed by atoms with Crippen molar-refractivity contribution in [1.29, 1.82) is 0 Å². The largest absolute Gasteiger partial charge is 0.463 e. The van der Waals surface area contributed by atoms with Crippen LogP contribution in [0.5, 0.6) is 0 Å². The number of nitrogens with one attached hydrogen (secondary N) is 1. The van der Waals surface area contributed by atoms with Crippen LogP contribution in [0.2, 0.25) is 0 Å². The van der Waals surface area contributed by atoms with Gasteiger partial charge in [0.25, 0.3) is 5.91 Å². The van der Waals surface area contributed by atoms with Crippen molar-refractivity contribution in [2.75, 3.05) is 58.9 Å². The van der Waals surface area contributed by atoms with Crippen LogP contribution in [0, 0.1) is 5.92 Å². The maximum atomic E-state index is 12.8. The number of fused-ring (bicyclic) bond motifs is 1. The Kier molecular flexibility index (Phi) is 9.08. The second-order valence-electron chi connectivity index (χ2n) is 9.59. The van der Waals surface area contributed by atoms with Crippen LogP contribution in [0.1, 0.15) is 39.9 Å². The average Bonchev–Trinajstić information content (AvgIpc) is 2.88. The monoisotopic (exact) mass is 492 g/mol. The van der Waals surface area contributed by atoms with Gasteiger partial charge < -0.3 is 19.7 Å². The van der Waals surface area contributed by atoms with Crippen molar-refractivity contribution in [3.05, 3.63) is 64.7 Å². The van der Waals surface area contributed by atoms with Crippen molar-refractivity contribution in [3.63, 3.8) is 0 Å². The van der Waals surface area contributed by atoms with Crippen molar-refractivity contribution >= 4 is 23.8 Å². The lowest BCUT2D eigenvalue weighted by Crippen LogP contribution is -2.41. The van der Waals surface area contributed by atoms with Gasteiger partial charge in [0.2, 0.25) is 0 Å². The molecule has 0 aromatic heterocycles. The van der Waals surface area contributed by atoms with E-state index in [1.54, 1.807) is 7.11 Å². The topological polar surface area (TPSA) is 83.5 Å². The van der Waals surface area contributed by atoms with E-state index < -0.39 is 0 Å². The van der Waals surface area contributed by atoms with Gasteiger partial charge >= 0.3 is 5.97 Å². The summed E-state index contributed by atoms with van der Waals surface area (Å²) in [5.74, 6) is -0.0767. The van der Waals surface area contributed by atoms with Crippen LogP contribution in [-0.2, 0) is 27.1 Å². The number of carbonyl (C=O) groups excluding carboxylic acids is 2. The molecule has 1 heterocycles. The number of aryl methyl sites for hydroxylation is 1. The summed E-state index contributed by atoms with van der Waals surface area (Å²) in [6, 6.07) is 13.5. The predicted molar refractivity (Wildman–Crippen MR) is 140 cm³/mol. The fourth-order valence-corrected chi connectivity index (χ4v) is 4.60. The van der Waals surface area contributed by atoms with Gasteiger partial charge in [-0.25, -0.2) is 0 Å². The van der Waals surface area contributed by atoms with Gasteiger partial charge in [0.1, 0.15) is 6.61 Å². The minimum absolute atomic E-state index is 0.147. The Bertz CT molecular complexity index is 1060. The molecule has 8 nitrogen and oxygen atoms in total. The van der Waals surface area contributed by atoms with Crippen LogP contribution >= 0.6 is 0 Å². The van der Waals surface area contributed by atoms with Crippen LogP contribution in [0.4, 0.5) is 5.69 Å². The first kappa shape index (κ1) is 25.9. The van der Waals surface area contributed by atoms with Gasteiger partial charge in [-0.2, -0.15) is 5.10 Å². The third-order valence-electron chi connectivity index (χ3n) is 6.82. The van der Waals surface area contributed by atoms with E-state index in [9.17, 15) is 9.59 Å². The van der Waals surface area contributed by atoms with E-state index in [-0.39, 0.29) is 17.8 Å². The molecule has 4 rings (SSSR count). The molecule has 1 atom stereocenters. The number of ether oxygens (including phenoxy) is 2. The summed E-state index contributed by atoms with van der Waals surface area (Å²) in [6.07, 6.45) is 4.95. The Morgan fingerprint density at radius 3 is 2.58 bits per heavy atom. The molecule has 1 aliphatic heterocycles. The van der Waals surface area contributed by atoms with Gasteiger partial charge in [0.15, 0.2) is 0 Å². The van der Waals surface area contributed by atoms with Gasteiger partial charge in [-0.3, -0.25) is 14.6 Å². The maximum absolute atomic E-state index is 12.8.